The Labute approximate surface area is 225 Å². The number of hydrogen-bond acceptors (Lipinski definition) is 4. The molecule has 38 heavy (non-hydrogen) atoms. The largest absolute Gasteiger partial charge is 0.478 e. The first-order valence-electron chi connectivity index (χ1n) is 13.5. The number of alkyl carbamates (subject to hydrolysis) is 1. The minimum absolute atomic E-state index is 0.0493. The van der Waals surface area contributed by atoms with E-state index in [1.165, 1.54) is 0 Å². The summed E-state index contributed by atoms with van der Waals surface area (Å²) in [4.78, 5) is 36.7. The van der Waals surface area contributed by atoms with Gasteiger partial charge in [-0.05, 0) is 60.8 Å². The van der Waals surface area contributed by atoms with Crippen molar-refractivity contribution in [3.63, 3.8) is 0 Å². The number of ether oxygens (including phenoxy) is 1. The molecule has 1 unspecified atom stereocenters. The van der Waals surface area contributed by atoms with E-state index in [-0.39, 0.29) is 36.3 Å². The van der Waals surface area contributed by atoms with Crippen LogP contribution in [0.5, 0.6) is 0 Å². The van der Waals surface area contributed by atoms with Crippen molar-refractivity contribution in [3.8, 4) is 11.1 Å². The maximum absolute atomic E-state index is 13.0. The van der Waals surface area contributed by atoms with E-state index in [4.69, 9.17) is 9.84 Å². The maximum Gasteiger partial charge on any atom is 0.407 e. The van der Waals surface area contributed by atoms with Crippen LogP contribution >= 0.6 is 0 Å². The van der Waals surface area contributed by atoms with Crippen molar-refractivity contribution in [1.29, 1.82) is 0 Å². The van der Waals surface area contributed by atoms with Gasteiger partial charge in [0.1, 0.15) is 12.6 Å². The van der Waals surface area contributed by atoms with Crippen molar-refractivity contribution in [2.45, 2.75) is 71.9 Å². The Hall–Kier alpha value is -3.61. The van der Waals surface area contributed by atoms with Gasteiger partial charge >= 0.3 is 12.1 Å². The summed E-state index contributed by atoms with van der Waals surface area (Å²) in [6.07, 6.45) is 3.34. The van der Waals surface area contributed by atoms with Crippen LogP contribution in [0.15, 0.2) is 60.2 Å². The lowest BCUT2D eigenvalue weighted by atomic mass is 9.85. The molecule has 204 valence electrons. The second-order valence-electron chi connectivity index (χ2n) is 10.4. The van der Waals surface area contributed by atoms with Gasteiger partial charge in [0.15, 0.2) is 0 Å². The number of hydrogen-bond donors (Lipinski definition) is 3. The van der Waals surface area contributed by atoms with Gasteiger partial charge in [-0.1, -0.05) is 81.8 Å². The summed E-state index contributed by atoms with van der Waals surface area (Å²) in [7, 11) is 0. The zero-order valence-corrected chi connectivity index (χ0v) is 23.0. The van der Waals surface area contributed by atoms with Gasteiger partial charge in [0, 0.05) is 17.5 Å². The van der Waals surface area contributed by atoms with Gasteiger partial charge in [0.05, 0.1) is 0 Å². The molecule has 0 aromatic heterocycles. The van der Waals surface area contributed by atoms with Gasteiger partial charge in [-0.25, -0.2) is 9.59 Å². The number of carbonyl (C=O) groups is 3. The van der Waals surface area contributed by atoms with Gasteiger partial charge in [0.25, 0.3) is 0 Å². The van der Waals surface area contributed by atoms with Crippen LogP contribution < -0.4 is 10.6 Å². The average Bonchev–Trinajstić information content (AvgIpc) is 3.23. The summed E-state index contributed by atoms with van der Waals surface area (Å²) < 4.78 is 5.59. The highest BCUT2D eigenvalue weighted by Gasteiger charge is 2.30. The molecule has 4 atom stereocenters. The van der Waals surface area contributed by atoms with Crippen molar-refractivity contribution < 1.29 is 24.2 Å². The number of carboxylic acid groups (broad SMARTS) is 1. The Kier molecular flexibility index (Phi) is 10.1. The summed E-state index contributed by atoms with van der Waals surface area (Å²) in [5.74, 6) is -0.884. The highest BCUT2D eigenvalue weighted by molar-refractivity contribution is 5.86. The summed E-state index contributed by atoms with van der Waals surface area (Å²) in [5, 5.41) is 14.8. The number of allylic oxidation sites excluding steroid dienone is 1. The van der Waals surface area contributed by atoms with Gasteiger partial charge in [-0.15, -0.1) is 0 Å². The molecular weight excluding hydrogens is 480 g/mol. The minimum atomic E-state index is -0.919. The molecule has 7 heteroatoms. The fraction of sp³-hybridized carbons (Fsp3) is 0.452. The zero-order valence-electron chi connectivity index (χ0n) is 23.0. The van der Waals surface area contributed by atoms with E-state index < -0.39 is 18.1 Å². The van der Waals surface area contributed by atoms with Crippen LogP contribution in [0, 0.1) is 11.8 Å². The number of aliphatic carboxylic acids is 1. The third-order valence-electron chi connectivity index (χ3n) is 7.66. The smallest absolute Gasteiger partial charge is 0.407 e. The molecule has 0 heterocycles. The topological polar surface area (TPSA) is 105 Å². The van der Waals surface area contributed by atoms with Gasteiger partial charge in [-0.2, -0.15) is 0 Å². The fourth-order valence-corrected chi connectivity index (χ4v) is 5.10. The standard InChI is InChI=1S/C31H40N2O5/c1-6-19(2)28(20(3)12-11-13-21(4)30(35)36)33-29(34)22(5)32-31(37)38-18-27-25-16-9-7-14-23(25)24-15-8-10-17-26(24)27/h7-10,13-17,19-20,22,27-28H,6,11-12,18H2,1-5H3,(H,32,37)(H,33,34)(H,35,36)/b21-13+/t19-,20-,22?,28+/m0/s1. The molecule has 0 spiro atoms. The fourth-order valence-electron chi connectivity index (χ4n) is 5.10. The van der Waals surface area contributed by atoms with Crippen molar-refractivity contribution in [1.82, 2.24) is 10.6 Å². The second-order valence-corrected chi connectivity index (χ2v) is 10.4. The highest BCUT2D eigenvalue weighted by atomic mass is 16.5. The quantitative estimate of drug-likeness (QED) is 0.303. The Balaban J connectivity index is 1.55. The SMILES string of the molecule is CC[C@H](C)[C@@H](NC(=O)C(C)NC(=O)OCC1c2ccccc2-c2ccccc21)[C@@H](C)CC/C=C(\C)C(=O)O. The predicted octanol–water partition coefficient (Wildman–Crippen LogP) is 5.89. The lowest BCUT2D eigenvalue weighted by Crippen LogP contribution is -2.51. The Bertz CT molecular complexity index is 1130. The van der Waals surface area contributed by atoms with Crippen LogP contribution in [0.4, 0.5) is 4.79 Å². The van der Waals surface area contributed by atoms with Crippen LogP contribution in [0.2, 0.25) is 0 Å². The monoisotopic (exact) mass is 520 g/mol. The summed E-state index contributed by atoms with van der Waals surface area (Å²) in [5.41, 5.74) is 4.90. The number of carboxylic acids is 1. The highest BCUT2D eigenvalue weighted by Crippen LogP contribution is 2.44. The number of amides is 2. The number of fused-ring (bicyclic) bond motifs is 3. The van der Waals surface area contributed by atoms with Gasteiger partial charge in [0.2, 0.25) is 5.91 Å². The lowest BCUT2D eigenvalue weighted by molar-refractivity contribution is -0.132. The molecule has 2 amide bonds. The van der Waals surface area contributed by atoms with Crippen LogP contribution in [-0.2, 0) is 14.3 Å². The molecule has 0 aliphatic heterocycles. The molecule has 1 aliphatic rings. The van der Waals surface area contributed by atoms with Crippen molar-refractivity contribution in [2.75, 3.05) is 6.61 Å². The van der Waals surface area contributed by atoms with Crippen LogP contribution in [-0.4, -0.2) is 41.8 Å². The first-order chi connectivity index (χ1) is 18.1. The van der Waals surface area contributed by atoms with Crippen molar-refractivity contribution >= 4 is 18.0 Å². The lowest BCUT2D eigenvalue weighted by Gasteiger charge is -2.31. The van der Waals surface area contributed by atoms with Gasteiger partial charge in [-0.3, -0.25) is 4.79 Å². The third-order valence-corrected chi connectivity index (χ3v) is 7.66. The molecule has 0 saturated heterocycles. The Morgan fingerprint density at radius 1 is 0.947 bits per heavy atom. The molecule has 0 fully saturated rings. The number of benzene rings is 2. The number of rotatable bonds is 12. The van der Waals surface area contributed by atoms with E-state index in [2.05, 4.69) is 55.7 Å². The molecule has 3 rings (SSSR count). The summed E-state index contributed by atoms with van der Waals surface area (Å²) >= 11 is 0. The molecule has 7 nitrogen and oxygen atoms in total. The predicted molar refractivity (Wildman–Crippen MR) is 149 cm³/mol. The zero-order chi connectivity index (χ0) is 27.8. The van der Waals surface area contributed by atoms with E-state index in [9.17, 15) is 14.4 Å². The third kappa shape index (κ3) is 7.03. The van der Waals surface area contributed by atoms with E-state index in [0.717, 1.165) is 35.1 Å². The summed E-state index contributed by atoms with van der Waals surface area (Å²) in [6.45, 7) is 9.63. The molecule has 3 N–H and O–H groups in total. The van der Waals surface area contributed by atoms with Crippen LogP contribution in [0.3, 0.4) is 0 Å². The first-order valence-corrected chi connectivity index (χ1v) is 13.5. The normalized spacial score (nSPS) is 16.0. The average molecular weight is 521 g/mol. The molecular formula is C31H40N2O5. The summed E-state index contributed by atoms with van der Waals surface area (Å²) in [6, 6.07) is 15.4. The molecule has 0 radical (unpaired) electrons. The van der Waals surface area contributed by atoms with Crippen LogP contribution in [0.25, 0.3) is 11.1 Å². The van der Waals surface area contributed by atoms with E-state index in [1.807, 2.05) is 24.3 Å². The number of carbonyl (C=O) groups excluding carboxylic acids is 2. The van der Waals surface area contributed by atoms with Crippen LogP contribution in [0.1, 0.15) is 70.9 Å². The molecule has 0 bridgehead atoms. The number of nitrogens with one attached hydrogen (secondary N) is 2. The molecule has 2 aromatic carbocycles. The van der Waals surface area contributed by atoms with E-state index in [0.29, 0.717) is 12.0 Å². The van der Waals surface area contributed by atoms with E-state index in [1.54, 1.807) is 19.9 Å². The minimum Gasteiger partial charge on any atom is -0.478 e. The van der Waals surface area contributed by atoms with Crippen molar-refractivity contribution in [2.24, 2.45) is 11.8 Å². The molecule has 2 aromatic rings. The Morgan fingerprint density at radius 3 is 2.08 bits per heavy atom. The van der Waals surface area contributed by atoms with E-state index >= 15 is 0 Å². The van der Waals surface area contributed by atoms with Crippen molar-refractivity contribution in [3.05, 3.63) is 71.3 Å². The Morgan fingerprint density at radius 2 is 1.53 bits per heavy atom. The second kappa shape index (κ2) is 13.3. The first kappa shape index (κ1) is 29.0. The molecule has 0 saturated carbocycles. The van der Waals surface area contributed by atoms with Gasteiger partial charge < -0.3 is 20.5 Å². The molecule has 1 aliphatic carbocycles. The maximum atomic E-state index is 13.0.